The van der Waals surface area contributed by atoms with Crippen molar-refractivity contribution in [3.8, 4) is 11.5 Å². The van der Waals surface area contributed by atoms with Gasteiger partial charge in [-0.1, -0.05) is 15.9 Å². The third-order valence-electron chi connectivity index (χ3n) is 3.74. The number of hydrogen-bond acceptors (Lipinski definition) is 4. The van der Waals surface area contributed by atoms with E-state index in [9.17, 15) is 5.11 Å². The van der Waals surface area contributed by atoms with Crippen LogP contribution in [-0.2, 0) is 4.74 Å². The van der Waals surface area contributed by atoms with Crippen molar-refractivity contribution in [1.29, 1.82) is 0 Å². The van der Waals surface area contributed by atoms with E-state index in [4.69, 9.17) is 14.2 Å². The first-order chi connectivity index (χ1) is 9.74. The molecule has 0 bridgehead atoms. The van der Waals surface area contributed by atoms with Crippen molar-refractivity contribution in [2.75, 3.05) is 19.8 Å². The van der Waals surface area contributed by atoms with Gasteiger partial charge in [0.1, 0.15) is 0 Å². The van der Waals surface area contributed by atoms with Gasteiger partial charge < -0.3 is 19.3 Å². The highest BCUT2D eigenvalue weighted by Gasteiger charge is 2.23. The van der Waals surface area contributed by atoms with Gasteiger partial charge in [0.25, 0.3) is 0 Å². The van der Waals surface area contributed by atoms with Crippen LogP contribution in [0.15, 0.2) is 16.6 Å². The Morgan fingerprint density at radius 2 is 1.90 bits per heavy atom. The number of aliphatic hydroxyl groups excluding tert-OH is 1. The van der Waals surface area contributed by atoms with Gasteiger partial charge in [0.2, 0.25) is 0 Å². The monoisotopic (exact) mass is 342 g/mol. The van der Waals surface area contributed by atoms with Crippen molar-refractivity contribution in [3.63, 3.8) is 0 Å². The lowest BCUT2D eigenvalue weighted by Gasteiger charge is -2.18. The topological polar surface area (TPSA) is 47.9 Å². The van der Waals surface area contributed by atoms with Gasteiger partial charge >= 0.3 is 0 Å². The van der Waals surface area contributed by atoms with E-state index in [0.29, 0.717) is 25.4 Å². The van der Waals surface area contributed by atoms with E-state index in [2.05, 4.69) is 15.9 Å². The van der Waals surface area contributed by atoms with Crippen LogP contribution in [0.1, 0.15) is 37.4 Å². The highest BCUT2D eigenvalue weighted by atomic mass is 79.9. The molecule has 0 radical (unpaired) electrons. The van der Waals surface area contributed by atoms with E-state index in [-0.39, 0.29) is 6.10 Å². The van der Waals surface area contributed by atoms with Crippen LogP contribution < -0.4 is 9.47 Å². The summed E-state index contributed by atoms with van der Waals surface area (Å²) in [6.45, 7) is 2.12. The average molecular weight is 343 g/mol. The van der Waals surface area contributed by atoms with Crippen LogP contribution >= 0.6 is 15.9 Å². The van der Waals surface area contributed by atoms with Gasteiger partial charge in [-0.05, 0) is 30.5 Å². The Labute approximate surface area is 127 Å². The van der Waals surface area contributed by atoms with E-state index in [1.165, 1.54) is 0 Å². The van der Waals surface area contributed by atoms with E-state index in [1.54, 1.807) is 0 Å². The van der Waals surface area contributed by atoms with E-state index < -0.39 is 6.10 Å². The normalized spacial score (nSPS) is 23.4. The molecule has 1 aromatic carbocycles. The molecule has 1 saturated heterocycles. The molecule has 0 amide bonds. The molecule has 1 N–H and O–H groups in total. The predicted molar refractivity (Wildman–Crippen MR) is 78.3 cm³/mol. The number of ether oxygens (including phenoxy) is 3. The van der Waals surface area contributed by atoms with Crippen molar-refractivity contribution in [3.05, 3.63) is 22.2 Å². The second-order valence-corrected chi connectivity index (χ2v) is 6.11. The molecule has 2 atom stereocenters. The number of halogens is 1. The van der Waals surface area contributed by atoms with Crippen molar-refractivity contribution < 1.29 is 19.3 Å². The minimum atomic E-state index is -0.551. The first kappa shape index (κ1) is 14.2. The minimum absolute atomic E-state index is 0.160. The molecule has 1 aromatic rings. The molecule has 2 heterocycles. The second-order valence-electron chi connectivity index (χ2n) is 5.26. The zero-order chi connectivity index (χ0) is 13.9. The van der Waals surface area contributed by atoms with Gasteiger partial charge in [0.15, 0.2) is 11.5 Å². The molecule has 0 saturated carbocycles. The van der Waals surface area contributed by atoms with Crippen LogP contribution in [-0.4, -0.2) is 31.0 Å². The lowest BCUT2D eigenvalue weighted by atomic mass is 10.0. The van der Waals surface area contributed by atoms with Crippen LogP contribution in [0.2, 0.25) is 0 Å². The number of benzene rings is 1. The third kappa shape index (κ3) is 3.10. The van der Waals surface area contributed by atoms with Crippen molar-refractivity contribution in [2.24, 2.45) is 0 Å². The quantitative estimate of drug-likeness (QED) is 0.916. The average Bonchev–Trinajstić information content (AvgIpc) is 2.82. The van der Waals surface area contributed by atoms with Crippen LogP contribution in [0.25, 0.3) is 0 Å². The summed E-state index contributed by atoms with van der Waals surface area (Å²) in [4.78, 5) is 0. The van der Waals surface area contributed by atoms with Crippen LogP contribution in [0.4, 0.5) is 0 Å². The van der Waals surface area contributed by atoms with Crippen molar-refractivity contribution in [1.82, 2.24) is 0 Å². The molecular weight excluding hydrogens is 324 g/mol. The summed E-state index contributed by atoms with van der Waals surface area (Å²) < 4.78 is 17.8. The number of fused-ring (bicyclic) bond motifs is 1. The first-order valence-electron chi connectivity index (χ1n) is 7.13. The summed E-state index contributed by atoms with van der Waals surface area (Å²) in [5.41, 5.74) is 0.838. The molecule has 2 aliphatic heterocycles. The van der Waals surface area contributed by atoms with Gasteiger partial charge in [-0.25, -0.2) is 0 Å². The lowest BCUT2D eigenvalue weighted by molar-refractivity contribution is 0.0531. The summed E-state index contributed by atoms with van der Waals surface area (Å²) in [5, 5.41) is 10.4. The smallest absolute Gasteiger partial charge is 0.162 e. The Hall–Kier alpha value is -0.780. The second kappa shape index (κ2) is 6.33. The molecule has 2 aliphatic rings. The zero-order valence-corrected chi connectivity index (χ0v) is 12.9. The Bertz CT molecular complexity index is 471. The summed E-state index contributed by atoms with van der Waals surface area (Å²) in [6.07, 6.45) is 3.22. The summed E-state index contributed by atoms with van der Waals surface area (Å²) in [6, 6.07) is 3.76. The SMILES string of the molecule is OC(CC1CCCO1)c1cc2c(cc1Br)OCCCO2. The standard InChI is InChI=1S/C15H19BrO4/c16-12-9-15-14(19-5-2-6-20-15)8-11(12)13(17)7-10-3-1-4-18-10/h8-10,13,17H,1-7H2. The molecule has 110 valence electrons. The Morgan fingerprint density at radius 1 is 1.15 bits per heavy atom. The van der Waals surface area contributed by atoms with Gasteiger partial charge in [-0.3, -0.25) is 0 Å². The lowest BCUT2D eigenvalue weighted by Crippen LogP contribution is -2.12. The Kier molecular flexibility index (Phi) is 4.48. The fourth-order valence-corrected chi connectivity index (χ4v) is 3.25. The van der Waals surface area contributed by atoms with Crippen LogP contribution in [0.3, 0.4) is 0 Å². The molecule has 5 heteroatoms. The maximum atomic E-state index is 10.4. The summed E-state index contributed by atoms with van der Waals surface area (Å²) in [5.74, 6) is 1.45. The highest BCUT2D eigenvalue weighted by Crippen LogP contribution is 2.39. The Morgan fingerprint density at radius 3 is 2.60 bits per heavy atom. The molecule has 0 spiro atoms. The zero-order valence-electron chi connectivity index (χ0n) is 11.3. The molecule has 3 rings (SSSR count). The summed E-state index contributed by atoms with van der Waals surface area (Å²) in [7, 11) is 0. The highest BCUT2D eigenvalue weighted by molar-refractivity contribution is 9.10. The molecule has 4 nitrogen and oxygen atoms in total. The van der Waals surface area contributed by atoms with Crippen molar-refractivity contribution >= 4 is 15.9 Å². The van der Waals surface area contributed by atoms with Crippen molar-refractivity contribution in [2.45, 2.75) is 37.9 Å². The van der Waals surface area contributed by atoms with E-state index >= 15 is 0 Å². The van der Waals surface area contributed by atoms with E-state index in [0.717, 1.165) is 41.7 Å². The number of rotatable bonds is 3. The fourth-order valence-electron chi connectivity index (χ4n) is 2.66. The first-order valence-corrected chi connectivity index (χ1v) is 7.92. The molecule has 0 aliphatic carbocycles. The fraction of sp³-hybridized carbons (Fsp3) is 0.600. The van der Waals surface area contributed by atoms with Gasteiger partial charge in [0.05, 0.1) is 25.4 Å². The molecule has 2 unspecified atom stereocenters. The van der Waals surface area contributed by atoms with E-state index in [1.807, 2.05) is 12.1 Å². The maximum absolute atomic E-state index is 10.4. The minimum Gasteiger partial charge on any atom is -0.490 e. The van der Waals surface area contributed by atoms with Crippen LogP contribution in [0.5, 0.6) is 11.5 Å². The Balaban J connectivity index is 1.79. The molecule has 0 aromatic heterocycles. The summed E-state index contributed by atoms with van der Waals surface area (Å²) >= 11 is 3.51. The molecule has 1 fully saturated rings. The predicted octanol–water partition coefficient (Wildman–Crippen LogP) is 3.21. The third-order valence-corrected chi connectivity index (χ3v) is 4.42. The van der Waals surface area contributed by atoms with Crippen LogP contribution in [0, 0.1) is 0 Å². The number of aliphatic hydroxyl groups is 1. The molecular formula is C15H19BrO4. The molecule has 20 heavy (non-hydrogen) atoms. The number of hydrogen-bond donors (Lipinski definition) is 1. The maximum Gasteiger partial charge on any atom is 0.162 e. The van der Waals surface area contributed by atoms with Gasteiger partial charge in [-0.15, -0.1) is 0 Å². The van der Waals surface area contributed by atoms with Gasteiger partial charge in [-0.2, -0.15) is 0 Å². The largest absolute Gasteiger partial charge is 0.490 e. The van der Waals surface area contributed by atoms with Gasteiger partial charge in [0, 0.05) is 23.9 Å².